The summed E-state index contributed by atoms with van der Waals surface area (Å²) < 4.78 is 18.1. The van der Waals surface area contributed by atoms with Gasteiger partial charge in [-0.05, 0) is 64.7 Å². The fourth-order valence-electron chi connectivity index (χ4n) is 2.40. The summed E-state index contributed by atoms with van der Waals surface area (Å²) in [7, 11) is -0.507. The van der Waals surface area contributed by atoms with Crippen LogP contribution >= 0.6 is 0 Å². The van der Waals surface area contributed by atoms with Crippen LogP contribution in [0.5, 0.6) is 5.75 Å². The number of benzene rings is 1. The molecule has 22 heavy (non-hydrogen) atoms. The van der Waals surface area contributed by atoms with Crippen molar-refractivity contribution in [2.75, 3.05) is 6.61 Å². The van der Waals surface area contributed by atoms with Crippen molar-refractivity contribution in [3.8, 4) is 11.8 Å². The van der Waals surface area contributed by atoms with Gasteiger partial charge in [-0.1, -0.05) is 0 Å². The highest BCUT2D eigenvalue weighted by Crippen LogP contribution is 2.37. The Balaban J connectivity index is 1.89. The quantitative estimate of drug-likeness (QED) is 0.802. The molecule has 1 heterocycles. The van der Waals surface area contributed by atoms with Gasteiger partial charge in [-0.25, -0.2) is 0 Å². The third kappa shape index (κ3) is 2.86. The van der Waals surface area contributed by atoms with E-state index in [2.05, 4.69) is 6.07 Å². The van der Waals surface area contributed by atoms with Crippen molar-refractivity contribution in [3.63, 3.8) is 0 Å². The lowest BCUT2D eigenvalue weighted by atomic mass is 9.77. The van der Waals surface area contributed by atoms with Gasteiger partial charge in [0, 0.05) is 5.46 Å². The molecule has 1 aromatic carbocycles. The van der Waals surface area contributed by atoms with E-state index in [1.165, 1.54) is 12.8 Å². The van der Waals surface area contributed by atoms with Gasteiger partial charge in [-0.15, -0.1) is 0 Å². The molecule has 0 N–H and O–H groups in total. The average molecular weight is 299 g/mol. The van der Waals surface area contributed by atoms with Crippen molar-refractivity contribution >= 4 is 12.6 Å². The van der Waals surface area contributed by atoms with E-state index >= 15 is 0 Å². The Bertz CT molecular complexity index is 601. The molecule has 1 saturated heterocycles. The Morgan fingerprint density at radius 1 is 1.23 bits per heavy atom. The summed E-state index contributed by atoms with van der Waals surface area (Å²) in [6.07, 6.45) is 2.48. The van der Waals surface area contributed by atoms with Gasteiger partial charge in [-0.3, -0.25) is 0 Å². The number of ether oxygens (including phenoxy) is 1. The van der Waals surface area contributed by atoms with E-state index in [4.69, 9.17) is 19.3 Å². The summed E-state index contributed by atoms with van der Waals surface area (Å²) in [5, 5.41) is 9.16. The second kappa shape index (κ2) is 5.29. The first-order valence-corrected chi connectivity index (χ1v) is 7.85. The molecule has 0 radical (unpaired) electrons. The van der Waals surface area contributed by atoms with Gasteiger partial charge < -0.3 is 14.0 Å². The van der Waals surface area contributed by atoms with Crippen LogP contribution in [0.3, 0.4) is 0 Å². The van der Waals surface area contributed by atoms with Gasteiger partial charge in [0.15, 0.2) is 0 Å². The highest BCUT2D eigenvalue weighted by Gasteiger charge is 2.52. The van der Waals surface area contributed by atoms with Crippen molar-refractivity contribution in [1.82, 2.24) is 0 Å². The van der Waals surface area contributed by atoms with Crippen LogP contribution in [0.25, 0.3) is 0 Å². The van der Waals surface area contributed by atoms with Crippen LogP contribution in [0.15, 0.2) is 18.2 Å². The minimum atomic E-state index is -0.507. The maximum absolute atomic E-state index is 9.16. The molecule has 2 aliphatic rings. The van der Waals surface area contributed by atoms with Gasteiger partial charge in [0.25, 0.3) is 0 Å². The number of nitriles is 1. The zero-order valence-electron chi connectivity index (χ0n) is 13.7. The predicted octanol–water partition coefficient (Wildman–Crippen LogP) is 2.65. The summed E-state index contributed by atoms with van der Waals surface area (Å²) in [6, 6.07) is 7.60. The van der Waals surface area contributed by atoms with E-state index in [1.807, 2.05) is 39.8 Å². The molecule has 1 aliphatic carbocycles. The number of rotatable bonds is 4. The van der Waals surface area contributed by atoms with Crippen LogP contribution < -0.4 is 10.2 Å². The second-order valence-corrected chi connectivity index (χ2v) is 7.21. The Labute approximate surface area is 132 Å². The number of nitrogens with zero attached hydrogens (tertiary/aromatic N) is 1. The first kappa shape index (κ1) is 15.4. The van der Waals surface area contributed by atoms with E-state index in [9.17, 15) is 0 Å². The van der Waals surface area contributed by atoms with Gasteiger partial charge in [-0.2, -0.15) is 5.26 Å². The van der Waals surface area contributed by atoms with Crippen molar-refractivity contribution in [2.24, 2.45) is 5.92 Å². The summed E-state index contributed by atoms with van der Waals surface area (Å²) in [5.41, 5.74) is 0.573. The first-order valence-electron chi connectivity index (χ1n) is 7.85. The van der Waals surface area contributed by atoms with Gasteiger partial charge in [0.2, 0.25) is 0 Å². The first-order chi connectivity index (χ1) is 10.3. The minimum Gasteiger partial charge on any atom is -0.494 e. The van der Waals surface area contributed by atoms with E-state index < -0.39 is 18.3 Å². The normalized spacial score (nSPS) is 22.4. The van der Waals surface area contributed by atoms with Crippen LogP contribution in [-0.2, 0) is 9.31 Å². The van der Waals surface area contributed by atoms with Crippen molar-refractivity contribution < 1.29 is 14.0 Å². The molecular weight excluding hydrogens is 277 g/mol. The molecule has 0 spiro atoms. The van der Waals surface area contributed by atoms with Crippen LogP contribution in [-0.4, -0.2) is 24.9 Å². The molecular formula is C17H22BNO3. The summed E-state index contributed by atoms with van der Waals surface area (Å²) in [6.45, 7) is 8.80. The van der Waals surface area contributed by atoms with Gasteiger partial charge in [0.1, 0.15) is 5.75 Å². The maximum Gasteiger partial charge on any atom is 0.498 e. The molecule has 4 nitrogen and oxygen atoms in total. The third-order valence-electron chi connectivity index (χ3n) is 4.82. The molecule has 0 atom stereocenters. The minimum absolute atomic E-state index is 0.409. The zero-order chi connectivity index (χ0) is 16.0. The van der Waals surface area contributed by atoms with Crippen LogP contribution in [0.4, 0.5) is 0 Å². The van der Waals surface area contributed by atoms with Gasteiger partial charge in [0.05, 0.1) is 29.4 Å². The fourth-order valence-corrected chi connectivity index (χ4v) is 2.40. The Morgan fingerprint density at radius 3 is 2.41 bits per heavy atom. The maximum atomic E-state index is 9.16. The largest absolute Gasteiger partial charge is 0.498 e. The van der Waals surface area contributed by atoms with E-state index in [1.54, 1.807) is 6.07 Å². The molecule has 0 bridgehead atoms. The average Bonchev–Trinajstić information content (AvgIpc) is 3.24. The molecule has 1 saturated carbocycles. The molecule has 3 rings (SSSR count). The Morgan fingerprint density at radius 2 is 1.86 bits per heavy atom. The molecule has 0 amide bonds. The fraction of sp³-hybridized carbons (Fsp3) is 0.588. The highest BCUT2D eigenvalue weighted by molar-refractivity contribution is 6.63. The molecule has 0 unspecified atom stereocenters. The smallest absolute Gasteiger partial charge is 0.494 e. The lowest BCUT2D eigenvalue weighted by molar-refractivity contribution is 0.00578. The molecule has 2 fully saturated rings. The van der Waals surface area contributed by atoms with Crippen molar-refractivity contribution in [1.29, 1.82) is 5.26 Å². The van der Waals surface area contributed by atoms with E-state index in [0.29, 0.717) is 11.5 Å². The zero-order valence-corrected chi connectivity index (χ0v) is 13.7. The highest BCUT2D eigenvalue weighted by atomic mass is 16.7. The molecule has 5 heteroatoms. The third-order valence-corrected chi connectivity index (χ3v) is 4.82. The SMILES string of the molecule is CC1(C)OB(c2cc(C#N)ccc2OCC2CC2)OC1(C)C. The topological polar surface area (TPSA) is 51.5 Å². The second-order valence-electron chi connectivity index (χ2n) is 7.21. The van der Waals surface area contributed by atoms with Crippen LogP contribution in [0.2, 0.25) is 0 Å². The van der Waals surface area contributed by atoms with Crippen molar-refractivity contribution in [3.05, 3.63) is 23.8 Å². The lowest BCUT2D eigenvalue weighted by Gasteiger charge is -2.32. The molecule has 1 aromatic rings. The number of hydrogen-bond donors (Lipinski definition) is 0. The Hall–Kier alpha value is -1.51. The summed E-state index contributed by atoms with van der Waals surface area (Å²) >= 11 is 0. The van der Waals surface area contributed by atoms with Crippen LogP contribution in [0.1, 0.15) is 46.1 Å². The Kier molecular flexibility index (Phi) is 3.70. The molecule has 0 aromatic heterocycles. The number of hydrogen-bond acceptors (Lipinski definition) is 4. The standard InChI is InChI=1S/C17H22BNO3/c1-16(2)17(3,4)22-18(21-16)14-9-13(10-19)7-8-15(14)20-11-12-5-6-12/h7-9,12H,5-6,11H2,1-4H3. The summed E-state index contributed by atoms with van der Waals surface area (Å²) in [5.74, 6) is 1.42. The van der Waals surface area contributed by atoms with Crippen molar-refractivity contribution in [2.45, 2.75) is 51.7 Å². The lowest BCUT2D eigenvalue weighted by Crippen LogP contribution is -2.41. The predicted molar refractivity (Wildman–Crippen MR) is 85.1 cm³/mol. The monoisotopic (exact) mass is 299 g/mol. The summed E-state index contributed by atoms with van der Waals surface area (Å²) in [4.78, 5) is 0. The van der Waals surface area contributed by atoms with E-state index in [-0.39, 0.29) is 0 Å². The molecule has 1 aliphatic heterocycles. The van der Waals surface area contributed by atoms with Gasteiger partial charge >= 0.3 is 7.12 Å². The molecule has 116 valence electrons. The van der Waals surface area contributed by atoms with Crippen LogP contribution in [0, 0.1) is 17.2 Å². The van der Waals surface area contributed by atoms with E-state index in [0.717, 1.165) is 17.8 Å².